The highest BCUT2D eigenvalue weighted by Gasteiger charge is 2.31. The number of hydrogen-bond donors (Lipinski definition) is 0. The van der Waals surface area contributed by atoms with Crippen molar-refractivity contribution < 1.29 is 9.21 Å². The van der Waals surface area contributed by atoms with Crippen LogP contribution in [0.4, 0.5) is 0 Å². The Balaban J connectivity index is 1.09. The standard InChI is InChI=1S/C23H31N5O2/c29-21(28-11-9-27(10-12-28)17-5-2-6-17)15-26-8-7-18-19-13-24-22(16-3-1-4-16)25-23(19)30-20(18)14-26/h13,16-17H,1-12,14-15H2. The average Bonchev–Trinajstić information content (AvgIpc) is 3.02. The van der Waals surface area contributed by atoms with Crippen molar-refractivity contribution in [2.24, 2.45) is 0 Å². The van der Waals surface area contributed by atoms with Crippen LogP contribution in [-0.2, 0) is 17.8 Å². The van der Waals surface area contributed by atoms with Crippen LogP contribution in [0.15, 0.2) is 10.6 Å². The fourth-order valence-electron chi connectivity index (χ4n) is 5.32. The van der Waals surface area contributed by atoms with Crippen LogP contribution in [0.25, 0.3) is 11.1 Å². The number of carbonyl (C=O) groups is 1. The highest BCUT2D eigenvalue weighted by atomic mass is 16.3. The topological polar surface area (TPSA) is 65.7 Å². The molecule has 2 aromatic heterocycles. The molecule has 0 spiro atoms. The predicted octanol–water partition coefficient (Wildman–Crippen LogP) is 2.55. The molecule has 0 aromatic carbocycles. The number of amides is 1. The molecule has 3 fully saturated rings. The Kier molecular flexibility index (Phi) is 4.76. The summed E-state index contributed by atoms with van der Waals surface area (Å²) in [5, 5.41) is 1.06. The maximum absolute atomic E-state index is 12.9. The summed E-state index contributed by atoms with van der Waals surface area (Å²) < 4.78 is 6.14. The van der Waals surface area contributed by atoms with E-state index in [2.05, 4.69) is 19.7 Å². The van der Waals surface area contributed by atoms with Crippen LogP contribution >= 0.6 is 0 Å². The van der Waals surface area contributed by atoms with Gasteiger partial charge in [-0.05, 0) is 32.1 Å². The predicted molar refractivity (Wildman–Crippen MR) is 113 cm³/mol. The number of rotatable bonds is 4. The minimum Gasteiger partial charge on any atom is -0.441 e. The summed E-state index contributed by atoms with van der Waals surface area (Å²) in [6.45, 7) is 5.88. The minimum atomic E-state index is 0.259. The van der Waals surface area contributed by atoms with Crippen LogP contribution in [0.1, 0.15) is 61.6 Å². The fraction of sp³-hybridized carbons (Fsp3) is 0.696. The number of carbonyl (C=O) groups excluding carboxylic acids is 1. The van der Waals surface area contributed by atoms with Gasteiger partial charge >= 0.3 is 0 Å². The first-order chi connectivity index (χ1) is 14.7. The number of hydrogen-bond acceptors (Lipinski definition) is 6. The summed E-state index contributed by atoms with van der Waals surface area (Å²) in [5.74, 6) is 2.68. The zero-order valence-electron chi connectivity index (χ0n) is 17.7. The van der Waals surface area contributed by atoms with Gasteiger partial charge in [0.15, 0.2) is 0 Å². The maximum Gasteiger partial charge on any atom is 0.236 e. The van der Waals surface area contributed by atoms with Gasteiger partial charge in [0.1, 0.15) is 11.6 Å². The van der Waals surface area contributed by atoms with Gasteiger partial charge in [0.05, 0.1) is 18.5 Å². The van der Waals surface area contributed by atoms with Crippen LogP contribution in [0, 0.1) is 0 Å². The van der Waals surface area contributed by atoms with Crippen LogP contribution in [0.5, 0.6) is 0 Å². The van der Waals surface area contributed by atoms with E-state index in [-0.39, 0.29) is 5.91 Å². The molecule has 7 heteroatoms. The van der Waals surface area contributed by atoms with Crippen molar-refractivity contribution in [3.05, 3.63) is 23.3 Å². The van der Waals surface area contributed by atoms with E-state index in [1.165, 1.54) is 44.1 Å². The lowest BCUT2D eigenvalue weighted by atomic mass is 9.85. The van der Waals surface area contributed by atoms with Crippen LogP contribution < -0.4 is 0 Å². The molecule has 4 aliphatic rings. The van der Waals surface area contributed by atoms with Crippen molar-refractivity contribution in [1.82, 2.24) is 24.7 Å². The van der Waals surface area contributed by atoms with Gasteiger partial charge in [0.2, 0.25) is 11.6 Å². The van der Waals surface area contributed by atoms with Crippen LogP contribution in [0.3, 0.4) is 0 Å². The Morgan fingerprint density at radius 1 is 1.07 bits per heavy atom. The molecule has 2 aromatic rings. The van der Waals surface area contributed by atoms with E-state index in [9.17, 15) is 4.79 Å². The Bertz CT molecular complexity index is 940. The number of nitrogens with zero attached hydrogens (tertiary/aromatic N) is 5. The van der Waals surface area contributed by atoms with E-state index in [0.717, 1.165) is 67.9 Å². The summed E-state index contributed by atoms with van der Waals surface area (Å²) >= 11 is 0. The maximum atomic E-state index is 12.9. The van der Waals surface area contributed by atoms with Gasteiger partial charge in [-0.25, -0.2) is 4.98 Å². The minimum absolute atomic E-state index is 0.259. The zero-order chi connectivity index (χ0) is 20.1. The zero-order valence-corrected chi connectivity index (χ0v) is 17.7. The molecule has 30 heavy (non-hydrogen) atoms. The van der Waals surface area contributed by atoms with Gasteiger partial charge in [0.25, 0.3) is 0 Å². The second-order valence-corrected chi connectivity index (χ2v) is 9.54. The van der Waals surface area contributed by atoms with Crippen LogP contribution in [-0.4, -0.2) is 75.9 Å². The summed E-state index contributed by atoms with van der Waals surface area (Å²) in [4.78, 5) is 29.1. The molecule has 1 amide bonds. The number of piperazine rings is 1. The Morgan fingerprint density at radius 2 is 1.87 bits per heavy atom. The highest BCUT2D eigenvalue weighted by Crippen LogP contribution is 2.36. The number of aromatic nitrogens is 2. The van der Waals surface area contributed by atoms with Gasteiger partial charge in [-0.15, -0.1) is 0 Å². The molecule has 1 saturated heterocycles. The van der Waals surface area contributed by atoms with Crippen molar-refractivity contribution in [1.29, 1.82) is 0 Å². The quantitative estimate of drug-likeness (QED) is 0.773. The van der Waals surface area contributed by atoms with Crippen molar-refractivity contribution in [3.63, 3.8) is 0 Å². The smallest absolute Gasteiger partial charge is 0.236 e. The molecule has 4 heterocycles. The monoisotopic (exact) mass is 409 g/mol. The summed E-state index contributed by atoms with van der Waals surface area (Å²) in [6.07, 6.45) is 10.6. The lowest BCUT2D eigenvalue weighted by molar-refractivity contribution is -0.135. The molecule has 0 bridgehead atoms. The first-order valence-corrected chi connectivity index (χ1v) is 11.8. The molecular formula is C23H31N5O2. The van der Waals surface area contributed by atoms with E-state index < -0.39 is 0 Å². The van der Waals surface area contributed by atoms with E-state index in [1.54, 1.807) is 0 Å². The molecule has 2 aliphatic heterocycles. The summed E-state index contributed by atoms with van der Waals surface area (Å²) in [7, 11) is 0. The van der Waals surface area contributed by atoms with Gasteiger partial charge in [-0.3, -0.25) is 14.6 Å². The first kappa shape index (κ1) is 18.8. The molecule has 2 saturated carbocycles. The molecule has 160 valence electrons. The summed E-state index contributed by atoms with van der Waals surface area (Å²) in [6, 6.07) is 0.781. The number of fused-ring (bicyclic) bond motifs is 3. The Hall–Kier alpha value is -1.99. The molecule has 0 radical (unpaired) electrons. The molecule has 2 aliphatic carbocycles. The lowest BCUT2D eigenvalue weighted by Crippen LogP contribution is -2.55. The SMILES string of the molecule is O=C(CN1CCc2c(oc3nc(C4CCC4)ncc23)C1)N1CCN(C2CCC2)CC1. The van der Waals surface area contributed by atoms with Gasteiger partial charge in [-0.1, -0.05) is 12.8 Å². The fourth-order valence-corrected chi connectivity index (χ4v) is 5.32. The third-order valence-electron chi connectivity index (χ3n) is 7.79. The van der Waals surface area contributed by atoms with Crippen LogP contribution in [0.2, 0.25) is 0 Å². The molecular weight excluding hydrogens is 378 g/mol. The van der Waals surface area contributed by atoms with Crippen molar-refractivity contribution in [3.8, 4) is 0 Å². The van der Waals surface area contributed by atoms with E-state index in [4.69, 9.17) is 9.40 Å². The van der Waals surface area contributed by atoms with E-state index >= 15 is 0 Å². The molecule has 0 unspecified atom stereocenters. The molecule has 0 N–H and O–H groups in total. The van der Waals surface area contributed by atoms with E-state index in [0.29, 0.717) is 19.0 Å². The molecule has 6 rings (SSSR count). The number of furan rings is 1. The van der Waals surface area contributed by atoms with Crippen molar-refractivity contribution in [2.45, 2.75) is 63.5 Å². The van der Waals surface area contributed by atoms with Gasteiger partial charge in [-0.2, -0.15) is 4.98 Å². The first-order valence-electron chi connectivity index (χ1n) is 11.8. The summed E-state index contributed by atoms with van der Waals surface area (Å²) in [5.41, 5.74) is 1.97. The lowest BCUT2D eigenvalue weighted by Gasteiger charge is -2.43. The molecule has 7 nitrogen and oxygen atoms in total. The highest BCUT2D eigenvalue weighted by molar-refractivity contribution is 5.80. The van der Waals surface area contributed by atoms with Gasteiger partial charge < -0.3 is 9.32 Å². The normalized spacial score (nSPS) is 23.9. The van der Waals surface area contributed by atoms with Gasteiger partial charge in [0, 0.05) is 56.4 Å². The third-order valence-corrected chi connectivity index (χ3v) is 7.79. The second kappa shape index (κ2) is 7.61. The van der Waals surface area contributed by atoms with E-state index in [1.807, 2.05) is 6.20 Å². The second-order valence-electron chi connectivity index (χ2n) is 9.54. The third kappa shape index (κ3) is 3.32. The molecule has 0 atom stereocenters. The average molecular weight is 410 g/mol. The Morgan fingerprint density at radius 3 is 2.57 bits per heavy atom. The van der Waals surface area contributed by atoms with Crippen molar-refractivity contribution in [2.75, 3.05) is 39.3 Å². The van der Waals surface area contributed by atoms with Crippen molar-refractivity contribution >= 4 is 17.0 Å². The largest absolute Gasteiger partial charge is 0.441 e. The Labute approximate surface area is 177 Å².